The van der Waals surface area contributed by atoms with Crippen LogP contribution < -0.4 is 18.9 Å². The van der Waals surface area contributed by atoms with Gasteiger partial charge in [0.05, 0.1) is 40.8 Å². The molecule has 0 spiro atoms. The number of carbonyl (C=O) groups is 5. The lowest BCUT2D eigenvalue weighted by molar-refractivity contribution is -0.183. The molecule has 0 aromatic heterocycles. The molecule has 14 atom stereocenters. The molecule has 4 aliphatic carbocycles. The van der Waals surface area contributed by atoms with Crippen molar-refractivity contribution in [2.45, 2.75) is 276 Å². The summed E-state index contributed by atoms with van der Waals surface area (Å²) in [7, 11) is -4.46. The van der Waals surface area contributed by atoms with Crippen molar-refractivity contribution in [3.8, 4) is 34.5 Å². The minimum Gasteiger partial charge on any atom is -0.743 e. The van der Waals surface area contributed by atoms with Crippen molar-refractivity contribution in [1.82, 2.24) is 0 Å². The molecular weight excluding hydrogens is 1480 g/mol. The third-order valence-corrected chi connectivity index (χ3v) is 28.0. The zero-order chi connectivity index (χ0) is 83.3. The average Bonchev–Trinajstić information content (AvgIpc) is 1.62. The lowest BCUT2D eigenvalue weighted by Gasteiger charge is -2.46. The summed E-state index contributed by atoms with van der Waals surface area (Å²) in [4.78, 5) is 63.4. The van der Waals surface area contributed by atoms with E-state index in [2.05, 4.69) is 144 Å². The Morgan fingerprint density at radius 3 is 1.73 bits per heavy atom. The van der Waals surface area contributed by atoms with E-state index in [1.54, 1.807) is 13.0 Å². The van der Waals surface area contributed by atoms with Gasteiger partial charge < -0.3 is 52.3 Å². The molecule has 14 unspecified atom stereocenters. The van der Waals surface area contributed by atoms with E-state index in [0.717, 1.165) is 66.1 Å². The fourth-order valence-electron chi connectivity index (χ4n) is 16.1. The lowest BCUT2D eigenvalue weighted by Crippen LogP contribution is -2.49. The summed E-state index contributed by atoms with van der Waals surface area (Å²) in [6, 6.07) is 44.8. The molecule has 7 fully saturated rings. The van der Waals surface area contributed by atoms with Gasteiger partial charge in [-0.15, -0.1) is 0 Å². The fraction of sp³-hybridized carbons (Fsp3) is 0.571. The van der Waals surface area contributed by atoms with Crippen molar-refractivity contribution in [2.24, 2.45) is 63.1 Å². The molecule has 8 aliphatic rings. The number of hydrogen-bond acceptors (Lipinski definition) is 18. The van der Waals surface area contributed by atoms with Gasteiger partial charge in [-0.1, -0.05) is 115 Å². The van der Waals surface area contributed by atoms with Gasteiger partial charge in [0.15, 0.2) is 44.8 Å². The van der Waals surface area contributed by atoms with Gasteiger partial charge >= 0.3 is 35.1 Å². The smallest absolute Gasteiger partial charge is 0.369 e. The lowest BCUT2D eigenvalue weighted by atomic mass is 9.65. The van der Waals surface area contributed by atoms with Gasteiger partial charge in [-0.05, 0) is 261 Å². The van der Waals surface area contributed by atoms with E-state index < -0.39 is 55.9 Å². The number of phenols is 1. The molecule has 4 saturated carbocycles. The fourth-order valence-corrected chi connectivity index (χ4v) is 18.8. The Balaban J connectivity index is 0.000000156. The number of halogens is 2. The molecule has 4 aliphatic heterocycles. The first-order chi connectivity index (χ1) is 52.9. The maximum Gasteiger partial charge on any atom is 0.369 e. The minimum absolute atomic E-state index is 0.00135. The number of carbonyl (C=O) groups excluding carboxylic acids is 5. The summed E-state index contributed by atoms with van der Waals surface area (Å²) in [5.41, 5.74) is -1.26. The summed E-state index contributed by atoms with van der Waals surface area (Å²) in [5.74, 6) is 7.74. The van der Waals surface area contributed by atoms with Crippen LogP contribution in [0.3, 0.4) is 0 Å². The van der Waals surface area contributed by atoms with Crippen LogP contribution in [0.1, 0.15) is 220 Å². The minimum atomic E-state index is -5.86. The number of benzene rings is 6. The number of phenolic OH excluding ortho intramolecular Hbond substituents is 1. The van der Waals surface area contributed by atoms with Crippen LogP contribution in [-0.4, -0.2) is 102 Å². The third kappa shape index (κ3) is 20.2. The molecule has 6 aromatic carbocycles. The maximum atomic E-state index is 13.0. The summed E-state index contributed by atoms with van der Waals surface area (Å²) < 4.78 is 106. The van der Waals surface area contributed by atoms with Crippen LogP contribution in [-0.2, 0) is 68.7 Å². The Kier molecular flexibility index (Phi) is 28.2. The number of aromatic hydroxyl groups is 1. The molecule has 3 saturated heterocycles. The van der Waals surface area contributed by atoms with E-state index in [0.29, 0.717) is 50.2 Å². The second-order valence-corrected chi connectivity index (χ2v) is 38.4. The molecule has 0 amide bonds. The van der Waals surface area contributed by atoms with E-state index in [-0.39, 0.29) is 81.0 Å². The number of para-hydroxylation sites is 2. The van der Waals surface area contributed by atoms with Crippen LogP contribution >= 0.6 is 0 Å². The zero-order valence-electron chi connectivity index (χ0n) is 69.7. The predicted molar refractivity (Wildman–Crippen MR) is 431 cm³/mol. The maximum absolute atomic E-state index is 13.0. The van der Waals surface area contributed by atoms with Crippen molar-refractivity contribution in [1.29, 1.82) is 0 Å². The highest BCUT2D eigenvalue weighted by Gasteiger charge is 2.69. The molecule has 4 heterocycles. The zero-order valence-corrected chi connectivity index (χ0v) is 71.3. The van der Waals surface area contributed by atoms with Crippen LogP contribution in [0.5, 0.6) is 34.5 Å². The van der Waals surface area contributed by atoms with Crippen LogP contribution in [0.25, 0.3) is 10.8 Å². The van der Waals surface area contributed by atoms with E-state index in [4.69, 9.17) is 37.9 Å². The van der Waals surface area contributed by atoms with E-state index in [1.807, 2.05) is 79.7 Å². The summed E-state index contributed by atoms with van der Waals surface area (Å²) in [6.45, 7) is 35.6. The summed E-state index contributed by atoms with van der Waals surface area (Å²) in [5, 5.41) is 7.33. The third-order valence-electron chi connectivity index (χ3n) is 24.7. The molecule has 618 valence electrons. The van der Waals surface area contributed by atoms with Gasteiger partial charge in [-0.2, -0.15) is 8.78 Å². The molecule has 22 heteroatoms. The molecular formula is C91H120F2O18S2. The molecule has 14 rings (SSSR count). The van der Waals surface area contributed by atoms with Crippen LogP contribution in [0, 0.1) is 63.1 Å². The summed E-state index contributed by atoms with van der Waals surface area (Å²) in [6.07, 6.45) is 8.79. The van der Waals surface area contributed by atoms with Crippen LogP contribution in [0.2, 0.25) is 0 Å². The number of fused-ring (bicyclic) bond motifs is 13. The monoisotopic (exact) mass is 1600 g/mol. The SMILES string of the molecule is CCC(C)(C)C(=O)OC(C)C(F)(F)S(=O)(=O)[O-].CCC(C)(C)C(=O)OC1(CC)CC2CC1C1C3CCC(C3)C21.CCC(C)(C)C(=O)OC1C2CC3C(=O)OC1C3O2.CCC(C)(C)C(=O)Oc1cc(O)cc(OC)c1.CCC(C)c1ccc2cc(OC(C)(C)C)ccc2c1.c1ccc([S+]2c3ccccc3Oc3ccccc32)cc1. The number of alkyl halides is 2. The first kappa shape index (κ1) is 89.1. The Morgan fingerprint density at radius 2 is 1.16 bits per heavy atom. The van der Waals surface area contributed by atoms with Crippen molar-refractivity contribution < 1.29 is 93.5 Å². The van der Waals surface area contributed by atoms with Crippen molar-refractivity contribution >= 4 is 61.6 Å². The second-order valence-electron chi connectivity index (χ2n) is 35.0. The quantitative estimate of drug-likeness (QED) is 0.0186. The van der Waals surface area contributed by atoms with Crippen LogP contribution in [0.4, 0.5) is 8.78 Å². The first-order valence-electron chi connectivity index (χ1n) is 40.3. The highest BCUT2D eigenvalue weighted by molar-refractivity contribution is 7.97. The molecule has 0 radical (unpaired) electrons. The highest BCUT2D eigenvalue weighted by Crippen LogP contribution is 2.71. The molecule has 18 nitrogen and oxygen atoms in total. The van der Waals surface area contributed by atoms with Gasteiger partial charge in [0, 0.05) is 24.1 Å². The Morgan fingerprint density at radius 1 is 0.619 bits per heavy atom. The number of rotatable bonds is 20. The van der Waals surface area contributed by atoms with E-state index in [9.17, 15) is 50.8 Å². The van der Waals surface area contributed by atoms with Crippen LogP contribution in [0.15, 0.2) is 148 Å². The molecule has 1 N–H and O–H groups in total. The van der Waals surface area contributed by atoms with E-state index in [1.165, 1.54) is 96.2 Å². The van der Waals surface area contributed by atoms with Gasteiger partial charge in [-0.3, -0.25) is 24.0 Å². The standard InChI is InChI=1S/C20H32O2.C18H13OS.C18H24O.C13H18O5.C13H18O4.C9H16F2O5S/c1-5-19(3,4)18(21)22-20(6-2)11-14-10-15(20)17-13-8-7-12(9-13)16(14)17;1-2-8-14(9-3-1)20-17-12-6-4-10-15(17)19-16-11-5-7-13-18(16)20;1-6-13(2)14-7-8-16-12-17(19-18(3,4)5)10-9-15(16)11-14;1-4-13(2,3)12(15)18-9-7-5-6-8(16-7)10(9)17-11(6)14;1-5-13(2,3)12(15)17-11-7-9(14)6-10(8-11)16-4;1-5-8(3,4)7(12)16-6(2)9(10,11)17(13,14)15/h12-17H,5-11H2,1-4H3;1-13H;7-13H,6H2,1-5H3;6-10H,4-5H2,1-3H3;6-8,14H,5H2,1-4H3;6H,5H2,1-4H3,(H,13,14,15)/q;+1;;;;/p-1. The Bertz CT molecular complexity index is 4390. The van der Waals surface area contributed by atoms with Crippen molar-refractivity contribution in [3.05, 3.63) is 139 Å². The van der Waals surface area contributed by atoms with Gasteiger partial charge in [0.25, 0.3) is 0 Å². The largest absolute Gasteiger partial charge is 0.743 e. The molecule has 113 heavy (non-hydrogen) atoms. The van der Waals surface area contributed by atoms with E-state index >= 15 is 0 Å². The molecule has 6 bridgehead atoms. The topological polar surface area (TPSA) is 246 Å². The molecule has 6 aromatic rings. The average molecular weight is 1600 g/mol. The number of methoxy groups -OCH3 is 1. The predicted octanol–water partition coefficient (Wildman–Crippen LogP) is 20.5. The first-order valence-corrected chi connectivity index (χ1v) is 42.9. The summed E-state index contributed by atoms with van der Waals surface area (Å²) >= 11 is 0. The Hall–Kier alpha value is -7.79. The Labute approximate surface area is 671 Å². The van der Waals surface area contributed by atoms with Gasteiger partial charge in [0.2, 0.25) is 9.79 Å². The second kappa shape index (κ2) is 35.8. The van der Waals surface area contributed by atoms with Crippen molar-refractivity contribution in [3.63, 3.8) is 0 Å². The number of hydrogen-bond donors (Lipinski definition) is 1. The van der Waals surface area contributed by atoms with Gasteiger partial charge in [0.1, 0.15) is 51.2 Å². The van der Waals surface area contributed by atoms with Gasteiger partial charge in [-0.25, -0.2) is 8.42 Å². The van der Waals surface area contributed by atoms with Crippen molar-refractivity contribution in [2.75, 3.05) is 7.11 Å². The highest BCUT2D eigenvalue weighted by atomic mass is 32.2. The number of esters is 5. The number of ether oxygens (including phenoxy) is 9. The normalized spacial score (nSPS) is 24.6.